The highest BCUT2D eigenvalue weighted by atomic mass is 15.3. The van der Waals surface area contributed by atoms with Crippen molar-refractivity contribution in [2.45, 2.75) is 19.8 Å². The fourth-order valence-corrected chi connectivity index (χ4v) is 1.67. The van der Waals surface area contributed by atoms with Gasteiger partial charge in [0.1, 0.15) is 5.52 Å². The zero-order valence-electron chi connectivity index (χ0n) is 8.65. The summed E-state index contributed by atoms with van der Waals surface area (Å²) in [6, 6.07) is 4.00. The first-order valence-corrected chi connectivity index (χ1v) is 4.69. The molecule has 0 unspecified atom stereocenters. The molecule has 0 radical (unpaired) electrons. The van der Waals surface area contributed by atoms with E-state index in [4.69, 9.17) is 5.41 Å². The normalized spacial score (nSPS) is 11.4. The molecule has 0 aromatic carbocycles. The Bertz CT molecular complexity index is 523. The number of rotatable bonds is 1. The lowest BCUT2D eigenvalue weighted by molar-refractivity contribution is 0.712. The average Bonchev–Trinajstić information content (AvgIpc) is 2.56. The molecule has 2 rings (SSSR count). The van der Waals surface area contributed by atoms with Crippen molar-refractivity contribution >= 4 is 13.5 Å². The SMILES string of the molecule is Bn1cnc(=N)c2ccc(C(C)C)n21. The molecular formula is C9H13BN4. The molecule has 72 valence electrons. The number of fused-ring (bicyclic) bond motifs is 1. The van der Waals surface area contributed by atoms with E-state index in [-0.39, 0.29) is 0 Å². The largest absolute Gasteiger partial charge is 0.326 e. The first-order valence-electron chi connectivity index (χ1n) is 4.69. The molecule has 0 bridgehead atoms. The van der Waals surface area contributed by atoms with Crippen LogP contribution in [-0.2, 0) is 0 Å². The molecule has 0 aliphatic rings. The van der Waals surface area contributed by atoms with Crippen LogP contribution in [0.15, 0.2) is 18.5 Å². The minimum atomic E-state index is 0.329. The molecule has 2 aromatic rings. The molecule has 0 aliphatic heterocycles. The van der Waals surface area contributed by atoms with Gasteiger partial charge < -0.3 is 4.59 Å². The van der Waals surface area contributed by atoms with Gasteiger partial charge in [-0.25, -0.2) is 4.98 Å². The molecule has 0 saturated carbocycles. The Kier molecular flexibility index (Phi) is 1.95. The number of aromatic nitrogens is 3. The highest BCUT2D eigenvalue weighted by molar-refractivity contribution is 6.05. The zero-order chi connectivity index (χ0) is 10.3. The minimum Gasteiger partial charge on any atom is -0.326 e. The third-order valence-electron chi connectivity index (χ3n) is 2.39. The maximum Gasteiger partial charge on any atom is 0.248 e. The van der Waals surface area contributed by atoms with Crippen molar-refractivity contribution < 1.29 is 0 Å². The Hall–Kier alpha value is -1.52. The summed E-state index contributed by atoms with van der Waals surface area (Å²) in [6.45, 7) is 4.29. The smallest absolute Gasteiger partial charge is 0.248 e. The van der Waals surface area contributed by atoms with Gasteiger partial charge in [0, 0.05) is 5.69 Å². The van der Waals surface area contributed by atoms with E-state index in [0.717, 1.165) is 5.52 Å². The van der Waals surface area contributed by atoms with Crippen LogP contribution >= 0.6 is 0 Å². The molecule has 0 aliphatic carbocycles. The molecule has 0 spiro atoms. The quantitative estimate of drug-likeness (QED) is 0.635. The van der Waals surface area contributed by atoms with Gasteiger partial charge in [-0.2, -0.15) is 0 Å². The van der Waals surface area contributed by atoms with Crippen LogP contribution in [0.4, 0.5) is 0 Å². The van der Waals surface area contributed by atoms with Crippen molar-refractivity contribution in [2.75, 3.05) is 0 Å². The summed E-state index contributed by atoms with van der Waals surface area (Å²) in [7, 11) is 1.94. The van der Waals surface area contributed by atoms with Gasteiger partial charge in [0.15, 0.2) is 5.49 Å². The van der Waals surface area contributed by atoms with E-state index in [0.29, 0.717) is 11.4 Å². The van der Waals surface area contributed by atoms with E-state index in [1.165, 1.54) is 5.69 Å². The average molecular weight is 188 g/mol. The van der Waals surface area contributed by atoms with Crippen LogP contribution in [0.1, 0.15) is 25.5 Å². The predicted octanol–water partition coefficient (Wildman–Crippen LogP) is 0.135. The second-order valence-corrected chi connectivity index (χ2v) is 3.78. The number of nitrogens with zero attached hydrogens (tertiary/aromatic N) is 3. The third kappa shape index (κ3) is 1.16. The summed E-state index contributed by atoms with van der Waals surface area (Å²) in [6.07, 6.45) is 1.67. The van der Waals surface area contributed by atoms with Crippen molar-refractivity contribution in [3.05, 3.63) is 29.6 Å². The molecule has 14 heavy (non-hydrogen) atoms. The van der Waals surface area contributed by atoms with Gasteiger partial charge in [-0.1, -0.05) is 13.8 Å². The lowest BCUT2D eigenvalue weighted by Crippen LogP contribution is -2.19. The van der Waals surface area contributed by atoms with Crippen molar-refractivity contribution in [3.8, 4) is 0 Å². The summed E-state index contributed by atoms with van der Waals surface area (Å²) in [5.74, 6) is 0.450. The van der Waals surface area contributed by atoms with E-state index in [1.54, 1.807) is 6.33 Å². The maximum absolute atomic E-state index is 7.67. The zero-order valence-corrected chi connectivity index (χ0v) is 8.65. The fourth-order valence-electron chi connectivity index (χ4n) is 1.67. The summed E-state index contributed by atoms with van der Waals surface area (Å²) in [4.78, 5) is 3.99. The van der Waals surface area contributed by atoms with Crippen LogP contribution in [-0.4, -0.2) is 22.1 Å². The van der Waals surface area contributed by atoms with Gasteiger partial charge in [0.2, 0.25) is 7.98 Å². The summed E-state index contributed by atoms with van der Waals surface area (Å²) >= 11 is 0. The van der Waals surface area contributed by atoms with Crippen molar-refractivity contribution in [2.24, 2.45) is 0 Å². The van der Waals surface area contributed by atoms with Crippen LogP contribution in [0.3, 0.4) is 0 Å². The van der Waals surface area contributed by atoms with Gasteiger partial charge in [-0.05, 0) is 18.1 Å². The van der Waals surface area contributed by atoms with Crippen molar-refractivity contribution in [3.63, 3.8) is 0 Å². The van der Waals surface area contributed by atoms with Crippen LogP contribution in [0.25, 0.3) is 5.52 Å². The molecule has 5 heteroatoms. The van der Waals surface area contributed by atoms with Gasteiger partial charge in [-0.3, -0.25) is 9.92 Å². The van der Waals surface area contributed by atoms with Crippen molar-refractivity contribution in [1.82, 2.24) is 14.1 Å². The lowest BCUT2D eigenvalue weighted by Gasteiger charge is -2.10. The highest BCUT2D eigenvalue weighted by Gasteiger charge is 2.07. The molecule has 2 heterocycles. The standard InChI is InChI=1S/C9H13BN4/c1-6(2)7-3-4-8-9(11)12-5-13(10)14(7)8/h3-6,11H,10H2,1-2H3. The Balaban J connectivity index is 2.91. The molecule has 0 amide bonds. The Morgan fingerprint density at radius 3 is 2.79 bits per heavy atom. The first-order chi connectivity index (χ1) is 6.61. The summed E-state index contributed by atoms with van der Waals surface area (Å²) < 4.78 is 3.93. The number of nitrogens with one attached hydrogen (secondary N) is 1. The molecule has 2 aromatic heterocycles. The molecule has 4 nitrogen and oxygen atoms in total. The van der Waals surface area contributed by atoms with E-state index in [2.05, 4.69) is 24.9 Å². The van der Waals surface area contributed by atoms with Gasteiger partial charge in [0.05, 0.1) is 6.33 Å². The maximum atomic E-state index is 7.67. The minimum absolute atomic E-state index is 0.329. The van der Waals surface area contributed by atoms with E-state index in [9.17, 15) is 0 Å². The fraction of sp³-hybridized carbons (Fsp3) is 0.333. The molecule has 0 atom stereocenters. The van der Waals surface area contributed by atoms with Crippen LogP contribution < -0.4 is 5.49 Å². The van der Waals surface area contributed by atoms with Gasteiger partial charge in [-0.15, -0.1) is 0 Å². The Labute approximate surface area is 83.1 Å². The highest BCUT2D eigenvalue weighted by Crippen LogP contribution is 2.15. The van der Waals surface area contributed by atoms with E-state index < -0.39 is 0 Å². The monoisotopic (exact) mass is 188 g/mol. The Morgan fingerprint density at radius 1 is 1.43 bits per heavy atom. The number of hydrogen-bond acceptors (Lipinski definition) is 2. The number of hydrogen-bond donors (Lipinski definition) is 1. The van der Waals surface area contributed by atoms with E-state index in [1.807, 2.05) is 23.2 Å². The molecular weight excluding hydrogens is 175 g/mol. The van der Waals surface area contributed by atoms with Crippen LogP contribution in [0.5, 0.6) is 0 Å². The summed E-state index contributed by atoms with van der Waals surface area (Å²) in [5, 5.41) is 7.67. The molecule has 0 fully saturated rings. The molecule has 0 saturated heterocycles. The second-order valence-electron chi connectivity index (χ2n) is 3.78. The lowest BCUT2D eigenvalue weighted by atomic mass is 10.1. The topological polar surface area (TPSA) is 46.1 Å². The van der Waals surface area contributed by atoms with Crippen LogP contribution in [0, 0.1) is 5.41 Å². The summed E-state index contributed by atoms with van der Waals surface area (Å²) in [5.41, 5.74) is 2.40. The predicted molar refractivity (Wildman–Crippen MR) is 57.1 cm³/mol. The second kappa shape index (κ2) is 3.01. The third-order valence-corrected chi connectivity index (χ3v) is 2.39. The van der Waals surface area contributed by atoms with E-state index >= 15 is 0 Å². The van der Waals surface area contributed by atoms with Crippen molar-refractivity contribution in [1.29, 1.82) is 5.41 Å². The molecule has 1 N–H and O–H groups in total. The van der Waals surface area contributed by atoms with Gasteiger partial charge >= 0.3 is 0 Å². The first kappa shape index (κ1) is 9.06. The van der Waals surface area contributed by atoms with Gasteiger partial charge in [0.25, 0.3) is 0 Å². The Morgan fingerprint density at radius 2 is 2.14 bits per heavy atom. The van der Waals surface area contributed by atoms with Crippen LogP contribution in [0.2, 0.25) is 0 Å².